The first kappa shape index (κ1) is 26.6. The fourth-order valence-electron chi connectivity index (χ4n) is 3.89. The monoisotopic (exact) mass is 449 g/mol. The molecule has 0 atom stereocenters. The Kier molecular flexibility index (Phi) is 12.9. The predicted octanol–water partition coefficient (Wildman–Crippen LogP) is 6.60. The molecule has 0 heterocycles. The van der Waals surface area contributed by atoms with Gasteiger partial charge in [-0.05, 0) is 41.8 Å². The van der Waals surface area contributed by atoms with Gasteiger partial charge in [0.15, 0.2) is 0 Å². The Morgan fingerprint density at radius 2 is 1.48 bits per heavy atom. The predicted molar refractivity (Wildman–Crippen MR) is 133 cm³/mol. The fourth-order valence-corrected chi connectivity index (χ4v) is 3.89. The third kappa shape index (κ3) is 11.1. The summed E-state index contributed by atoms with van der Waals surface area (Å²) in [6.07, 6.45) is 12.8. The Morgan fingerprint density at radius 3 is 2.12 bits per heavy atom. The molecule has 0 aliphatic heterocycles. The van der Waals surface area contributed by atoms with Crippen LogP contribution in [-0.4, -0.2) is 22.7 Å². The van der Waals surface area contributed by atoms with Gasteiger partial charge in [0.25, 0.3) is 5.91 Å². The average Bonchev–Trinajstić information content (AvgIpc) is 2.83. The van der Waals surface area contributed by atoms with Gasteiger partial charge in [0.05, 0.1) is 11.6 Å². The normalized spacial score (nSPS) is 10.8. The molecule has 2 aromatic carbocycles. The molecule has 0 saturated carbocycles. The minimum Gasteiger partial charge on any atom is -0.352 e. The van der Waals surface area contributed by atoms with Crippen molar-refractivity contribution in [3.8, 4) is 6.07 Å². The molecule has 1 amide bonds. The molecular formula is C28H39N3O2. The third-order valence-corrected chi connectivity index (χ3v) is 5.82. The number of carbonyl (C=O) groups is 1. The van der Waals surface area contributed by atoms with Gasteiger partial charge in [0.1, 0.15) is 0 Å². The maximum atomic E-state index is 12.5. The second kappa shape index (κ2) is 16.0. The zero-order valence-electron chi connectivity index (χ0n) is 20.1. The molecule has 2 aromatic rings. The summed E-state index contributed by atoms with van der Waals surface area (Å²) >= 11 is 0. The number of nitrogens with zero attached hydrogens (tertiary/aromatic N) is 2. The first-order valence-electron chi connectivity index (χ1n) is 12.4. The van der Waals surface area contributed by atoms with Crippen molar-refractivity contribution in [2.24, 2.45) is 0 Å². The summed E-state index contributed by atoms with van der Waals surface area (Å²) in [4.78, 5) is 12.5. The number of hydroxylamine groups is 2. The Hall–Kier alpha value is -2.68. The number of amides is 1. The van der Waals surface area contributed by atoms with Gasteiger partial charge in [-0.25, -0.2) is 0 Å². The average molecular weight is 450 g/mol. The standard InChI is InChI=1S/C28H39N3O2/c1-2-3-4-5-6-7-8-9-10-11-19-30-28(32)27-14-12-13-26(20-27)23-31(33)22-25-17-15-24(21-29)16-18-25/h12-18,20,33H,2-11,19,22-23H2,1H3,(H,30,32). The van der Waals surface area contributed by atoms with Crippen LogP contribution in [0.5, 0.6) is 0 Å². The number of unbranched alkanes of at least 4 members (excludes halogenated alkanes) is 9. The van der Waals surface area contributed by atoms with Gasteiger partial charge in [-0.2, -0.15) is 10.3 Å². The first-order chi connectivity index (χ1) is 16.1. The molecular weight excluding hydrogens is 410 g/mol. The van der Waals surface area contributed by atoms with E-state index in [1.54, 1.807) is 18.2 Å². The number of rotatable bonds is 16. The highest BCUT2D eigenvalue weighted by molar-refractivity contribution is 5.94. The van der Waals surface area contributed by atoms with E-state index in [-0.39, 0.29) is 5.91 Å². The van der Waals surface area contributed by atoms with Crippen molar-refractivity contribution < 1.29 is 10.0 Å². The van der Waals surface area contributed by atoms with Gasteiger partial charge in [0.2, 0.25) is 0 Å². The lowest BCUT2D eigenvalue weighted by Crippen LogP contribution is -2.25. The Bertz CT molecular complexity index is 858. The molecule has 5 nitrogen and oxygen atoms in total. The minimum absolute atomic E-state index is 0.0654. The number of hydrogen-bond donors (Lipinski definition) is 2. The number of benzene rings is 2. The molecule has 0 bridgehead atoms. The molecule has 178 valence electrons. The summed E-state index contributed by atoms with van der Waals surface area (Å²) in [5, 5.41) is 23.4. The summed E-state index contributed by atoms with van der Waals surface area (Å²) in [5.74, 6) is -0.0654. The van der Waals surface area contributed by atoms with Gasteiger partial charge in [0, 0.05) is 25.2 Å². The second-order valence-electron chi connectivity index (χ2n) is 8.77. The van der Waals surface area contributed by atoms with Crippen LogP contribution in [0.15, 0.2) is 48.5 Å². The van der Waals surface area contributed by atoms with Gasteiger partial charge in [-0.3, -0.25) is 4.79 Å². The Morgan fingerprint density at radius 1 is 0.879 bits per heavy atom. The maximum Gasteiger partial charge on any atom is 0.251 e. The Labute approximate surface area is 199 Å². The highest BCUT2D eigenvalue weighted by Crippen LogP contribution is 2.12. The van der Waals surface area contributed by atoms with Crippen LogP contribution in [0.4, 0.5) is 0 Å². The molecule has 2 rings (SSSR count). The molecule has 33 heavy (non-hydrogen) atoms. The van der Waals surface area contributed by atoms with E-state index in [2.05, 4.69) is 18.3 Å². The van der Waals surface area contributed by atoms with E-state index in [1.165, 1.54) is 56.4 Å². The van der Waals surface area contributed by atoms with E-state index in [4.69, 9.17) is 5.26 Å². The smallest absolute Gasteiger partial charge is 0.251 e. The highest BCUT2D eigenvalue weighted by atomic mass is 16.5. The van der Waals surface area contributed by atoms with Crippen LogP contribution in [0.3, 0.4) is 0 Å². The van der Waals surface area contributed by atoms with Gasteiger partial charge in [-0.1, -0.05) is 89.0 Å². The minimum atomic E-state index is -0.0654. The molecule has 0 unspecified atom stereocenters. The number of nitriles is 1. The summed E-state index contributed by atoms with van der Waals surface area (Å²) in [6, 6.07) is 16.6. The lowest BCUT2D eigenvalue weighted by atomic mass is 10.1. The van der Waals surface area contributed by atoms with Crippen LogP contribution in [0.25, 0.3) is 0 Å². The van der Waals surface area contributed by atoms with E-state index < -0.39 is 0 Å². The molecule has 0 fully saturated rings. The van der Waals surface area contributed by atoms with Crippen LogP contribution >= 0.6 is 0 Å². The van der Waals surface area contributed by atoms with Crippen LogP contribution in [0.2, 0.25) is 0 Å². The molecule has 0 radical (unpaired) electrons. The summed E-state index contributed by atoms with van der Waals surface area (Å²) in [5.41, 5.74) is 3.01. The lowest BCUT2D eigenvalue weighted by molar-refractivity contribution is -0.108. The summed E-state index contributed by atoms with van der Waals surface area (Å²) < 4.78 is 0. The van der Waals surface area contributed by atoms with E-state index >= 15 is 0 Å². The quantitative estimate of drug-likeness (QED) is 0.224. The molecule has 0 spiro atoms. The number of carbonyl (C=O) groups excluding carboxylic acids is 1. The first-order valence-corrected chi connectivity index (χ1v) is 12.4. The topological polar surface area (TPSA) is 76.4 Å². The van der Waals surface area contributed by atoms with Crippen LogP contribution in [0.1, 0.15) is 98.2 Å². The van der Waals surface area contributed by atoms with E-state index in [1.807, 2.05) is 30.3 Å². The summed E-state index contributed by atoms with van der Waals surface area (Å²) in [6.45, 7) is 3.61. The molecule has 0 aliphatic rings. The molecule has 0 saturated heterocycles. The van der Waals surface area contributed by atoms with Gasteiger partial charge >= 0.3 is 0 Å². The van der Waals surface area contributed by atoms with Gasteiger partial charge < -0.3 is 10.5 Å². The number of nitrogens with one attached hydrogen (secondary N) is 1. The highest BCUT2D eigenvalue weighted by Gasteiger charge is 2.09. The maximum absolute atomic E-state index is 12.5. The second-order valence-corrected chi connectivity index (χ2v) is 8.77. The van der Waals surface area contributed by atoms with Crippen molar-refractivity contribution in [3.05, 3.63) is 70.8 Å². The van der Waals surface area contributed by atoms with Crippen molar-refractivity contribution in [1.29, 1.82) is 5.26 Å². The molecule has 5 heteroatoms. The van der Waals surface area contributed by atoms with E-state index in [9.17, 15) is 10.0 Å². The molecule has 0 aromatic heterocycles. The molecule has 2 N–H and O–H groups in total. The fraction of sp³-hybridized carbons (Fsp3) is 0.500. The van der Waals surface area contributed by atoms with Crippen LogP contribution in [-0.2, 0) is 13.1 Å². The zero-order chi connectivity index (χ0) is 23.7. The number of hydrogen-bond acceptors (Lipinski definition) is 4. The Balaban J connectivity index is 1.64. The van der Waals surface area contributed by atoms with Crippen LogP contribution in [0, 0.1) is 11.3 Å². The van der Waals surface area contributed by atoms with E-state index in [0.29, 0.717) is 30.8 Å². The van der Waals surface area contributed by atoms with Crippen molar-refractivity contribution in [2.45, 2.75) is 84.2 Å². The van der Waals surface area contributed by atoms with Crippen molar-refractivity contribution in [2.75, 3.05) is 6.54 Å². The van der Waals surface area contributed by atoms with E-state index in [0.717, 1.165) is 24.0 Å². The summed E-state index contributed by atoms with van der Waals surface area (Å²) in [7, 11) is 0. The van der Waals surface area contributed by atoms with Crippen molar-refractivity contribution in [1.82, 2.24) is 10.4 Å². The zero-order valence-corrected chi connectivity index (χ0v) is 20.1. The van der Waals surface area contributed by atoms with Crippen molar-refractivity contribution >= 4 is 5.91 Å². The third-order valence-electron chi connectivity index (χ3n) is 5.82. The van der Waals surface area contributed by atoms with Crippen LogP contribution < -0.4 is 5.32 Å². The van der Waals surface area contributed by atoms with Gasteiger partial charge in [-0.15, -0.1) is 0 Å². The van der Waals surface area contributed by atoms with Crippen molar-refractivity contribution in [3.63, 3.8) is 0 Å². The largest absolute Gasteiger partial charge is 0.352 e. The lowest BCUT2D eigenvalue weighted by Gasteiger charge is -2.15. The molecule has 0 aliphatic carbocycles. The SMILES string of the molecule is CCCCCCCCCCCCNC(=O)c1cccc(CN(O)Cc2ccc(C#N)cc2)c1.